The van der Waals surface area contributed by atoms with Crippen LogP contribution in [0.3, 0.4) is 0 Å². The van der Waals surface area contributed by atoms with Crippen LogP contribution in [0.25, 0.3) is 0 Å². The summed E-state index contributed by atoms with van der Waals surface area (Å²) in [6.45, 7) is 14.1. The van der Waals surface area contributed by atoms with Crippen molar-refractivity contribution in [2.75, 3.05) is 22.3 Å². The van der Waals surface area contributed by atoms with Crippen LogP contribution in [0.4, 0.5) is 17.1 Å². The number of benzene rings is 2. The van der Waals surface area contributed by atoms with Gasteiger partial charge in [-0.1, -0.05) is 17.7 Å². The largest absolute Gasteiger partial charge is 0.372 e. The molecule has 0 amide bonds. The standard InChI is InChI=1S/C20H28N2O2S/c1-7-21(8-2)18-9-10-19(15(4)13-18)22(25(23)24)20-16(5)11-14(3)12-17(20)6/h9-13H,7-8H2,1-6H3,(H,23,24). The summed E-state index contributed by atoms with van der Waals surface area (Å²) in [4.78, 5) is 2.26. The summed E-state index contributed by atoms with van der Waals surface area (Å²) in [6.07, 6.45) is 0. The second kappa shape index (κ2) is 8.02. The third-order valence-electron chi connectivity index (χ3n) is 4.52. The van der Waals surface area contributed by atoms with Crippen molar-refractivity contribution in [3.8, 4) is 0 Å². The molecule has 4 nitrogen and oxygen atoms in total. The highest BCUT2D eigenvalue weighted by Crippen LogP contribution is 2.36. The molecule has 136 valence electrons. The van der Waals surface area contributed by atoms with Gasteiger partial charge in [0.2, 0.25) is 0 Å². The molecular weight excluding hydrogens is 332 g/mol. The van der Waals surface area contributed by atoms with E-state index in [4.69, 9.17) is 0 Å². The normalized spacial score (nSPS) is 12.1. The van der Waals surface area contributed by atoms with Crippen molar-refractivity contribution in [2.45, 2.75) is 41.5 Å². The molecule has 0 saturated carbocycles. The average Bonchev–Trinajstić information content (AvgIpc) is 2.52. The molecule has 0 radical (unpaired) electrons. The van der Waals surface area contributed by atoms with E-state index in [1.54, 1.807) is 0 Å². The van der Waals surface area contributed by atoms with Crippen LogP contribution in [0.2, 0.25) is 0 Å². The highest BCUT2D eigenvalue weighted by Gasteiger charge is 2.21. The second-order valence-electron chi connectivity index (χ2n) is 6.42. The van der Waals surface area contributed by atoms with Crippen molar-refractivity contribution in [1.82, 2.24) is 0 Å². The molecular formula is C20H28N2O2S. The minimum Gasteiger partial charge on any atom is -0.372 e. The van der Waals surface area contributed by atoms with E-state index < -0.39 is 11.3 Å². The topological polar surface area (TPSA) is 43.8 Å². The Hall–Kier alpha value is -1.85. The Morgan fingerprint density at radius 3 is 1.92 bits per heavy atom. The molecule has 0 aliphatic heterocycles. The van der Waals surface area contributed by atoms with Gasteiger partial charge in [0.25, 0.3) is 11.3 Å². The van der Waals surface area contributed by atoms with E-state index in [9.17, 15) is 8.76 Å². The van der Waals surface area contributed by atoms with Gasteiger partial charge in [-0.25, -0.2) is 8.51 Å². The smallest absolute Gasteiger partial charge is 0.266 e. The summed E-state index contributed by atoms with van der Waals surface area (Å²) >= 11 is -2.14. The van der Waals surface area contributed by atoms with E-state index in [0.29, 0.717) is 0 Å². The van der Waals surface area contributed by atoms with E-state index in [1.807, 2.05) is 52.0 Å². The Labute approximate surface area is 153 Å². The first-order valence-electron chi connectivity index (χ1n) is 8.64. The van der Waals surface area contributed by atoms with Crippen molar-refractivity contribution in [2.24, 2.45) is 0 Å². The maximum atomic E-state index is 12.2. The lowest BCUT2D eigenvalue weighted by Crippen LogP contribution is -2.24. The van der Waals surface area contributed by atoms with Crippen molar-refractivity contribution in [3.05, 3.63) is 52.6 Å². The maximum Gasteiger partial charge on any atom is 0.266 e. The zero-order valence-electron chi connectivity index (χ0n) is 16.0. The van der Waals surface area contributed by atoms with Crippen LogP contribution < -0.4 is 9.21 Å². The summed E-state index contributed by atoms with van der Waals surface area (Å²) in [5, 5.41) is 0. The molecule has 5 heteroatoms. The van der Waals surface area contributed by atoms with Crippen molar-refractivity contribution in [3.63, 3.8) is 0 Å². The Bertz CT molecular complexity index is 762. The van der Waals surface area contributed by atoms with E-state index >= 15 is 0 Å². The third kappa shape index (κ3) is 4.05. The van der Waals surface area contributed by atoms with Crippen LogP contribution >= 0.6 is 0 Å². The van der Waals surface area contributed by atoms with Crippen LogP contribution in [0.15, 0.2) is 30.3 Å². The molecule has 2 rings (SSSR count). The highest BCUT2D eigenvalue weighted by atomic mass is 32.2. The molecule has 1 N–H and O–H groups in total. The molecule has 0 spiro atoms. The van der Waals surface area contributed by atoms with E-state index in [-0.39, 0.29) is 0 Å². The summed E-state index contributed by atoms with van der Waals surface area (Å²) in [5.41, 5.74) is 6.80. The van der Waals surface area contributed by atoms with Crippen molar-refractivity contribution >= 4 is 28.3 Å². The predicted molar refractivity (Wildman–Crippen MR) is 108 cm³/mol. The van der Waals surface area contributed by atoms with Crippen molar-refractivity contribution < 1.29 is 8.76 Å². The number of hydrogen-bond acceptors (Lipinski definition) is 2. The quantitative estimate of drug-likeness (QED) is 0.734. The minimum atomic E-state index is -2.14. The molecule has 2 aromatic rings. The fraction of sp³-hybridized carbons (Fsp3) is 0.400. The van der Waals surface area contributed by atoms with Gasteiger partial charge in [0.05, 0.1) is 11.4 Å². The van der Waals surface area contributed by atoms with Gasteiger partial charge >= 0.3 is 0 Å². The van der Waals surface area contributed by atoms with Crippen LogP contribution in [-0.2, 0) is 11.3 Å². The summed E-state index contributed by atoms with van der Waals surface area (Å²) in [6, 6.07) is 10.1. The Balaban J connectivity index is 2.58. The number of nitrogens with zero attached hydrogens (tertiary/aromatic N) is 2. The van der Waals surface area contributed by atoms with Crippen LogP contribution in [-0.4, -0.2) is 21.9 Å². The Morgan fingerprint density at radius 1 is 0.920 bits per heavy atom. The zero-order valence-corrected chi connectivity index (χ0v) is 16.8. The van der Waals surface area contributed by atoms with Crippen LogP contribution in [0, 0.1) is 27.7 Å². The van der Waals surface area contributed by atoms with Gasteiger partial charge < -0.3 is 4.90 Å². The van der Waals surface area contributed by atoms with Gasteiger partial charge in [0.1, 0.15) is 0 Å². The number of rotatable bonds is 6. The third-order valence-corrected chi connectivity index (χ3v) is 5.21. The minimum absolute atomic E-state index is 0.756. The maximum absolute atomic E-state index is 12.2. The van der Waals surface area contributed by atoms with Gasteiger partial charge in [0, 0.05) is 18.8 Å². The first kappa shape index (κ1) is 19.5. The molecule has 0 saturated heterocycles. The lowest BCUT2D eigenvalue weighted by atomic mass is 10.0. The van der Waals surface area contributed by atoms with Gasteiger partial charge in [-0.15, -0.1) is 0 Å². The molecule has 0 aliphatic carbocycles. The molecule has 0 aromatic heterocycles. The first-order valence-corrected chi connectivity index (χ1v) is 9.71. The van der Waals surface area contributed by atoms with Crippen LogP contribution in [0.1, 0.15) is 36.1 Å². The molecule has 0 heterocycles. The molecule has 1 unspecified atom stereocenters. The van der Waals surface area contributed by atoms with Gasteiger partial charge in [-0.05, 0) is 76.4 Å². The Kier molecular flexibility index (Phi) is 6.25. The van der Waals surface area contributed by atoms with E-state index in [1.165, 1.54) is 4.31 Å². The summed E-state index contributed by atoms with van der Waals surface area (Å²) < 4.78 is 23.7. The number of anilines is 3. The fourth-order valence-electron chi connectivity index (χ4n) is 3.43. The number of aryl methyl sites for hydroxylation is 4. The monoisotopic (exact) mass is 360 g/mol. The average molecular weight is 361 g/mol. The Morgan fingerprint density at radius 2 is 1.48 bits per heavy atom. The van der Waals surface area contributed by atoms with Crippen molar-refractivity contribution in [1.29, 1.82) is 0 Å². The molecule has 0 bridgehead atoms. The van der Waals surface area contributed by atoms with E-state index in [2.05, 4.69) is 24.8 Å². The molecule has 1 atom stereocenters. The van der Waals surface area contributed by atoms with Gasteiger partial charge in [-0.3, -0.25) is 4.55 Å². The zero-order chi connectivity index (χ0) is 18.7. The lowest BCUT2D eigenvalue weighted by Gasteiger charge is -2.27. The SMILES string of the molecule is CCN(CC)c1ccc(N(c2c(C)cc(C)cc2C)S(=O)O)c(C)c1. The number of hydrogen-bond donors (Lipinski definition) is 1. The summed E-state index contributed by atoms with van der Waals surface area (Å²) in [7, 11) is 0. The predicted octanol–water partition coefficient (Wildman–Crippen LogP) is 5.04. The first-order chi connectivity index (χ1) is 11.8. The van der Waals surface area contributed by atoms with Gasteiger partial charge in [0.15, 0.2) is 0 Å². The van der Waals surface area contributed by atoms with Gasteiger partial charge in [-0.2, -0.15) is 0 Å². The molecule has 25 heavy (non-hydrogen) atoms. The van der Waals surface area contributed by atoms with Crippen LogP contribution in [0.5, 0.6) is 0 Å². The summed E-state index contributed by atoms with van der Waals surface area (Å²) in [5.74, 6) is 0. The highest BCUT2D eigenvalue weighted by molar-refractivity contribution is 7.81. The molecule has 0 fully saturated rings. The molecule has 2 aromatic carbocycles. The lowest BCUT2D eigenvalue weighted by molar-refractivity contribution is 0.564. The van der Waals surface area contributed by atoms with E-state index in [0.717, 1.165) is 52.4 Å². The molecule has 0 aliphatic rings. The second-order valence-corrected chi connectivity index (χ2v) is 7.24. The fourth-order valence-corrected chi connectivity index (χ4v) is 4.25.